The van der Waals surface area contributed by atoms with Crippen LogP contribution in [0.3, 0.4) is 0 Å². The Balaban J connectivity index is 2.09. The van der Waals surface area contributed by atoms with Crippen LogP contribution in [0.1, 0.15) is 64.9 Å². The molecule has 0 bridgehead atoms. The number of aliphatic imine (C=N–C) groups is 1. The first-order chi connectivity index (χ1) is 13.2. The van der Waals surface area contributed by atoms with E-state index in [1.165, 1.54) is 0 Å². The molecule has 1 aromatic rings. The highest BCUT2D eigenvalue weighted by molar-refractivity contribution is 14.1. The topological polar surface area (TPSA) is 55.7 Å². The summed E-state index contributed by atoms with van der Waals surface area (Å²) in [6, 6.07) is 8.07. The number of rotatable bonds is 5. The van der Waals surface area contributed by atoms with Crippen LogP contribution in [0.15, 0.2) is 40.5 Å². The molecule has 1 aliphatic heterocycles. The molecule has 2 unspecified atom stereocenters. The maximum atomic E-state index is 13.2. The van der Waals surface area contributed by atoms with E-state index in [0.29, 0.717) is 24.3 Å². The standard InChI is InChI=1S/C23H28INO3/c1-5-6-10-28-22(27)19-14(2)25-17-12-23(3,4)13-18(26)21(17)20(19)15-8-7-9-16(24)11-15/h7-9,11,20-21H,5-6,10,12-13H2,1-4H3. The van der Waals surface area contributed by atoms with Gasteiger partial charge in [-0.25, -0.2) is 4.79 Å². The highest BCUT2D eigenvalue weighted by Crippen LogP contribution is 2.47. The second kappa shape index (κ2) is 8.47. The lowest BCUT2D eigenvalue weighted by Gasteiger charge is -2.41. The van der Waals surface area contributed by atoms with Gasteiger partial charge in [0.05, 0.1) is 18.1 Å². The molecule has 2 atom stereocenters. The van der Waals surface area contributed by atoms with Gasteiger partial charge in [-0.1, -0.05) is 39.3 Å². The Morgan fingerprint density at radius 1 is 1.29 bits per heavy atom. The molecular weight excluding hydrogens is 465 g/mol. The SMILES string of the molecule is CCCCOC(=O)C1=C(C)N=C2CC(C)(C)CC(=O)C2C1c1cccc(I)c1. The molecule has 0 amide bonds. The number of ether oxygens (including phenoxy) is 1. The highest BCUT2D eigenvalue weighted by Gasteiger charge is 2.47. The molecule has 0 spiro atoms. The fraction of sp³-hybridized carbons (Fsp3) is 0.522. The normalized spacial score (nSPS) is 23.9. The van der Waals surface area contributed by atoms with Gasteiger partial charge in [0.2, 0.25) is 0 Å². The third kappa shape index (κ3) is 4.39. The number of ketones is 1. The molecule has 1 saturated carbocycles. The second-order valence-electron chi connectivity index (χ2n) is 8.59. The summed E-state index contributed by atoms with van der Waals surface area (Å²) < 4.78 is 6.63. The van der Waals surface area contributed by atoms with E-state index in [2.05, 4.69) is 49.4 Å². The molecule has 28 heavy (non-hydrogen) atoms. The minimum atomic E-state index is -0.372. The third-order valence-electron chi connectivity index (χ3n) is 5.52. The van der Waals surface area contributed by atoms with Crippen molar-refractivity contribution < 1.29 is 14.3 Å². The zero-order valence-corrected chi connectivity index (χ0v) is 19.2. The van der Waals surface area contributed by atoms with Gasteiger partial charge in [-0.3, -0.25) is 9.79 Å². The van der Waals surface area contributed by atoms with Gasteiger partial charge in [0, 0.05) is 27.3 Å². The monoisotopic (exact) mass is 493 g/mol. The van der Waals surface area contributed by atoms with Gasteiger partial charge in [0.1, 0.15) is 5.78 Å². The van der Waals surface area contributed by atoms with Gasteiger partial charge in [-0.05, 0) is 65.5 Å². The number of carbonyl (C=O) groups excluding carboxylic acids is 2. The first-order valence-electron chi connectivity index (χ1n) is 9.97. The Kier molecular flexibility index (Phi) is 6.42. The Morgan fingerprint density at radius 2 is 2.04 bits per heavy atom. The smallest absolute Gasteiger partial charge is 0.336 e. The van der Waals surface area contributed by atoms with E-state index < -0.39 is 0 Å². The summed E-state index contributed by atoms with van der Waals surface area (Å²) >= 11 is 2.27. The maximum Gasteiger partial charge on any atom is 0.336 e. The van der Waals surface area contributed by atoms with Crippen LogP contribution in [0.2, 0.25) is 0 Å². The lowest BCUT2D eigenvalue weighted by Crippen LogP contribution is -2.44. The molecule has 1 heterocycles. The number of halogens is 1. The summed E-state index contributed by atoms with van der Waals surface area (Å²) in [6.07, 6.45) is 3.08. The van der Waals surface area contributed by atoms with Crippen molar-refractivity contribution in [1.29, 1.82) is 0 Å². The van der Waals surface area contributed by atoms with Crippen LogP contribution in [0.5, 0.6) is 0 Å². The van der Waals surface area contributed by atoms with Crippen molar-refractivity contribution in [3.63, 3.8) is 0 Å². The average Bonchev–Trinajstić information content (AvgIpc) is 2.59. The number of Topliss-reactive ketones (excluding diaryl/α,β-unsaturated/α-hetero) is 1. The number of hydrogen-bond donors (Lipinski definition) is 0. The van der Waals surface area contributed by atoms with Crippen molar-refractivity contribution in [2.24, 2.45) is 16.3 Å². The summed E-state index contributed by atoms with van der Waals surface area (Å²) in [7, 11) is 0. The lowest BCUT2D eigenvalue weighted by atomic mass is 9.63. The molecular formula is C23H28INO3. The predicted octanol–water partition coefficient (Wildman–Crippen LogP) is 5.45. The molecule has 2 aliphatic rings. The van der Waals surface area contributed by atoms with Crippen molar-refractivity contribution in [1.82, 2.24) is 0 Å². The van der Waals surface area contributed by atoms with Crippen molar-refractivity contribution in [3.8, 4) is 0 Å². The minimum absolute atomic E-state index is 0.0957. The number of allylic oxidation sites excluding steroid dienone is 1. The van der Waals surface area contributed by atoms with E-state index in [-0.39, 0.29) is 29.0 Å². The van der Waals surface area contributed by atoms with Crippen molar-refractivity contribution in [2.45, 2.75) is 59.3 Å². The van der Waals surface area contributed by atoms with Crippen LogP contribution in [0, 0.1) is 14.9 Å². The number of carbonyl (C=O) groups is 2. The zero-order valence-electron chi connectivity index (χ0n) is 17.0. The first kappa shape index (κ1) is 21.2. The number of benzene rings is 1. The molecule has 5 heteroatoms. The summed E-state index contributed by atoms with van der Waals surface area (Å²) in [5.41, 5.74) is 3.02. The number of hydrogen-bond acceptors (Lipinski definition) is 4. The molecule has 1 aromatic carbocycles. The molecule has 0 aromatic heterocycles. The van der Waals surface area contributed by atoms with E-state index >= 15 is 0 Å². The molecule has 1 fully saturated rings. The van der Waals surface area contributed by atoms with Crippen LogP contribution >= 0.6 is 22.6 Å². The van der Waals surface area contributed by atoms with E-state index in [1.54, 1.807) is 0 Å². The quantitative estimate of drug-likeness (QED) is 0.311. The van der Waals surface area contributed by atoms with Gasteiger partial charge >= 0.3 is 5.97 Å². The highest BCUT2D eigenvalue weighted by atomic mass is 127. The Labute approximate surface area is 181 Å². The number of esters is 1. The summed E-state index contributed by atoms with van der Waals surface area (Å²) in [6.45, 7) is 8.54. The van der Waals surface area contributed by atoms with Crippen LogP contribution in [-0.4, -0.2) is 24.1 Å². The maximum absolute atomic E-state index is 13.2. The Bertz CT molecular complexity index is 853. The van der Waals surface area contributed by atoms with Crippen LogP contribution in [0.25, 0.3) is 0 Å². The largest absolute Gasteiger partial charge is 0.462 e. The van der Waals surface area contributed by atoms with E-state index in [4.69, 9.17) is 9.73 Å². The number of unbranched alkanes of at least 4 members (excludes halogenated alkanes) is 1. The van der Waals surface area contributed by atoms with Crippen molar-refractivity contribution >= 4 is 40.1 Å². The zero-order chi connectivity index (χ0) is 20.5. The first-order valence-corrected chi connectivity index (χ1v) is 11.0. The number of nitrogens with zero attached hydrogens (tertiary/aromatic N) is 1. The van der Waals surface area contributed by atoms with Crippen LogP contribution in [-0.2, 0) is 14.3 Å². The number of fused-ring (bicyclic) bond motifs is 1. The molecule has 150 valence electrons. The summed E-state index contributed by atoms with van der Waals surface area (Å²) in [5.74, 6) is -0.857. The van der Waals surface area contributed by atoms with Crippen LogP contribution < -0.4 is 0 Å². The van der Waals surface area contributed by atoms with Crippen LogP contribution in [0.4, 0.5) is 0 Å². The Morgan fingerprint density at radius 3 is 2.71 bits per heavy atom. The molecule has 0 N–H and O–H groups in total. The van der Waals surface area contributed by atoms with E-state index in [1.807, 2.05) is 25.1 Å². The second-order valence-corrected chi connectivity index (χ2v) is 9.83. The summed E-state index contributed by atoms with van der Waals surface area (Å²) in [5, 5.41) is 0. The van der Waals surface area contributed by atoms with Crippen molar-refractivity contribution in [3.05, 3.63) is 44.7 Å². The molecule has 3 rings (SSSR count). The van der Waals surface area contributed by atoms with E-state index in [0.717, 1.165) is 34.1 Å². The molecule has 4 nitrogen and oxygen atoms in total. The van der Waals surface area contributed by atoms with Gasteiger partial charge in [-0.15, -0.1) is 0 Å². The fourth-order valence-corrected chi connectivity index (χ4v) is 4.87. The molecule has 0 radical (unpaired) electrons. The van der Waals surface area contributed by atoms with Gasteiger partial charge < -0.3 is 4.74 Å². The molecule has 0 saturated heterocycles. The summed E-state index contributed by atoms with van der Waals surface area (Å²) in [4.78, 5) is 30.9. The fourth-order valence-electron chi connectivity index (χ4n) is 4.31. The third-order valence-corrected chi connectivity index (χ3v) is 6.19. The van der Waals surface area contributed by atoms with Gasteiger partial charge in [0.25, 0.3) is 0 Å². The minimum Gasteiger partial charge on any atom is -0.462 e. The van der Waals surface area contributed by atoms with E-state index in [9.17, 15) is 9.59 Å². The average molecular weight is 493 g/mol. The molecule has 1 aliphatic carbocycles. The predicted molar refractivity (Wildman–Crippen MR) is 119 cm³/mol. The van der Waals surface area contributed by atoms with Gasteiger partial charge in [-0.2, -0.15) is 0 Å². The lowest BCUT2D eigenvalue weighted by molar-refractivity contribution is -0.139. The Hall–Kier alpha value is -1.50. The van der Waals surface area contributed by atoms with Crippen molar-refractivity contribution in [2.75, 3.05) is 6.61 Å². The van der Waals surface area contributed by atoms with Gasteiger partial charge in [0.15, 0.2) is 0 Å².